The zero-order valence-electron chi connectivity index (χ0n) is 21.3. The number of benzene rings is 2. The smallest absolute Gasteiger partial charge is 0.281 e. The minimum atomic E-state index is -0.105. The number of fused-ring (bicyclic) bond motifs is 5. The summed E-state index contributed by atoms with van der Waals surface area (Å²) in [4.78, 5) is 20.0. The Bertz CT molecular complexity index is 1240. The maximum absolute atomic E-state index is 12.8. The number of hydrogen-bond acceptors (Lipinski definition) is 3. The first-order valence-electron chi connectivity index (χ1n) is 13.3. The second-order valence-electron chi connectivity index (χ2n) is 10.8. The molecule has 1 fully saturated rings. The van der Waals surface area contributed by atoms with E-state index in [1.54, 1.807) is 0 Å². The third-order valence-electron chi connectivity index (χ3n) is 8.42. The second-order valence-corrected chi connectivity index (χ2v) is 10.8. The third kappa shape index (κ3) is 4.22. The standard InChI is InChI=1S/C30H39N3O/c1-5-23(16-17-32(4)19-22-11-7-6-8-12-22)24-14-15-25-21(3)29-31-30(34)28-20(2)10-9-13-26(28)33(29)27(25)18-24/h9-10,13-15,18,21-23H,5-8,11-12,16-17,19H2,1-4H3. The van der Waals surface area contributed by atoms with Gasteiger partial charge in [0.25, 0.3) is 5.56 Å². The molecule has 4 nitrogen and oxygen atoms in total. The van der Waals surface area contributed by atoms with Crippen LogP contribution >= 0.6 is 0 Å². The molecule has 180 valence electrons. The van der Waals surface area contributed by atoms with E-state index in [2.05, 4.69) is 59.6 Å². The van der Waals surface area contributed by atoms with E-state index in [4.69, 9.17) is 0 Å². The minimum absolute atomic E-state index is 0.105. The molecular weight excluding hydrogens is 418 g/mol. The van der Waals surface area contributed by atoms with Crippen LogP contribution in [0.2, 0.25) is 0 Å². The molecule has 2 aromatic carbocycles. The largest absolute Gasteiger partial charge is 0.306 e. The lowest BCUT2D eigenvalue weighted by Gasteiger charge is -2.28. The molecule has 0 spiro atoms. The quantitative estimate of drug-likeness (QED) is 0.403. The molecule has 1 aliphatic heterocycles. The first kappa shape index (κ1) is 23.3. The predicted molar refractivity (Wildman–Crippen MR) is 141 cm³/mol. The molecule has 4 heteroatoms. The zero-order valence-corrected chi connectivity index (χ0v) is 21.3. The van der Waals surface area contributed by atoms with Crippen LogP contribution in [0.15, 0.2) is 41.2 Å². The van der Waals surface area contributed by atoms with Gasteiger partial charge in [0.05, 0.1) is 16.6 Å². The van der Waals surface area contributed by atoms with Gasteiger partial charge in [0.1, 0.15) is 5.82 Å². The van der Waals surface area contributed by atoms with Crippen LogP contribution in [0.5, 0.6) is 0 Å². The molecule has 2 atom stereocenters. The lowest BCUT2D eigenvalue weighted by molar-refractivity contribution is 0.227. The van der Waals surface area contributed by atoms with Gasteiger partial charge in [0.2, 0.25) is 0 Å². The maximum Gasteiger partial charge on any atom is 0.281 e. The summed E-state index contributed by atoms with van der Waals surface area (Å²) in [6.45, 7) is 8.88. The molecule has 2 heterocycles. The molecule has 5 rings (SSSR count). The molecule has 1 saturated carbocycles. The summed E-state index contributed by atoms with van der Waals surface area (Å²) in [6, 6.07) is 13.1. The van der Waals surface area contributed by atoms with Gasteiger partial charge in [0, 0.05) is 12.5 Å². The van der Waals surface area contributed by atoms with Crippen LogP contribution in [-0.4, -0.2) is 34.6 Å². The molecule has 0 amide bonds. The van der Waals surface area contributed by atoms with Crippen molar-refractivity contribution >= 4 is 10.9 Å². The highest BCUT2D eigenvalue weighted by Gasteiger charge is 2.29. The predicted octanol–water partition coefficient (Wildman–Crippen LogP) is 6.56. The maximum atomic E-state index is 12.8. The average molecular weight is 458 g/mol. The molecule has 34 heavy (non-hydrogen) atoms. The van der Waals surface area contributed by atoms with E-state index >= 15 is 0 Å². The highest BCUT2D eigenvalue weighted by molar-refractivity contribution is 5.84. The van der Waals surface area contributed by atoms with Crippen LogP contribution in [0.4, 0.5) is 0 Å². The van der Waals surface area contributed by atoms with Crippen molar-refractivity contribution in [3.63, 3.8) is 0 Å². The summed E-state index contributed by atoms with van der Waals surface area (Å²) in [5, 5.41) is 0.744. The van der Waals surface area contributed by atoms with Gasteiger partial charge in [-0.2, -0.15) is 4.98 Å². The van der Waals surface area contributed by atoms with E-state index < -0.39 is 0 Å². The minimum Gasteiger partial charge on any atom is -0.306 e. The Hall–Kier alpha value is -2.46. The van der Waals surface area contributed by atoms with Gasteiger partial charge in [-0.25, -0.2) is 0 Å². The van der Waals surface area contributed by atoms with Crippen LogP contribution in [0, 0.1) is 12.8 Å². The summed E-state index contributed by atoms with van der Waals surface area (Å²) in [7, 11) is 2.30. The number of aromatic nitrogens is 2. The monoisotopic (exact) mass is 457 g/mol. The number of nitrogens with zero attached hydrogens (tertiary/aromatic N) is 3. The first-order chi connectivity index (χ1) is 16.5. The topological polar surface area (TPSA) is 38.1 Å². The lowest BCUT2D eigenvalue weighted by Crippen LogP contribution is -2.28. The van der Waals surface area contributed by atoms with E-state index in [9.17, 15) is 4.79 Å². The van der Waals surface area contributed by atoms with E-state index in [-0.39, 0.29) is 11.5 Å². The summed E-state index contributed by atoms with van der Waals surface area (Å²) < 4.78 is 2.25. The van der Waals surface area contributed by atoms with Crippen LogP contribution < -0.4 is 5.56 Å². The molecule has 1 aromatic heterocycles. The van der Waals surface area contributed by atoms with Gasteiger partial charge in [-0.3, -0.25) is 9.36 Å². The summed E-state index contributed by atoms with van der Waals surface area (Å²) in [5.74, 6) is 2.43. The second kappa shape index (κ2) is 9.65. The summed E-state index contributed by atoms with van der Waals surface area (Å²) >= 11 is 0. The molecule has 0 N–H and O–H groups in total. The van der Waals surface area contributed by atoms with Gasteiger partial charge in [-0.15, -0.1) is 0 Å². The fourth-order valence-corrected chi connectivity index (χ4v) is 6.39. The fourth-order valence-electron chi connectivity index (χ4n) is 6.39. The lowest BCUT2D eigenvalue weighted by atomic mass is 9.88. The highest BCUT2D eigenvalue weighted by Crippen LogP contribution is 2.40. The molecule has 1 aliphatic carbocycles. The summed E-state index contributed by atoms with van der Waals surface area (Å²) in [6.07, 6.45) is 9.40. The van der Waals surface area contributed by atoms with Crippen LogP contribution in [0.1, 0.15) is 93.1 Å². The van der Waals surface area contributed by atoms with Gasteiger partial charge in [0.15, 0.2) is 0 Å². The molecule has 0 saturated heterocycles. The molecule has 3 aromatic rings. The van der Waals surface area contributed by atoms with Crippen molar-refractivity contribution in [2.45, 2.75) is 77.6 Å². The zero-order chi connectivity index (χ0) is 23.8. The first-order valence-corrected chi connectivity index (χ1v) is 13.3. The van der Waals surface area contributed by atoms with E-state index in [1.165, 1.54) is 61.9 Å². The Morgan fingerprint density at radius 2 is 1.94 bits per heavy atom. The number of hydrogen-bond donors (Lipinski definition) is 0. The van der Waals surface area contributed by atoms with E-state index in [1.807, 2.05) is 19.1 Å². The fraction of sp³-hybridized carbons (Fsp3) is 0.533. The van der Waals surface area contributed by atoms with Crippen molar-refractivity contribution in [3.8, 4) is 5.69 Å². The Labute approximate surface area is 204 Å². The van der Waals surface area contributed by atoms with Crippen molar-refractivity contribution in [1.82, 2.24) is 14.5 Å². The van der Waals surface area contributed by atoms with Crippen molar-refractivity contribution in [2.75, 3.05) is 20.1 Å². The van der Waals surface area contributed by atoms with Gasteiger partial charge in [-0.05, 0) is 86.9 Å². The van der Waals surface area contributed by atoms with Crippen LogP contribution in [0.25, 0.3) is 16.6 Å². The van der Waals surface area contributed by atoms with Crippen LogP contribution in [-0.2, 0) is 0 Å². The molecule has 2 unspecified atom stereocenters. The number of rotatable bonds is 7. The van der Waals surface area contributed by atoms with Crippen molar-refractivity contribution in [1.29, 1.82) is 0 Å². The average Bonchev–Trinajstić information content (AvgIpc) is 3.11. The van der Waals surface area contributed by atoms with E-state index in [0.717, 1.165) is 41.2 Å². The van der Waals surface area contributed by atoms with Gasteiger partial charge >= 0.3 is 0 Å². The Balaban J connectivity index is 1.42. The van der Waals surface area contributed by atoms with E-state index in [0.29, 0.717) is 5.92 Å². The van der Waals surface area contributed by atoms with Gasteiger partial charge in [-0.1, -0.05) is 57.4 Å². The summed E-state index contributed by atoms with van der Waals surface area (Å²) in [5.41, 5.74) is 5.76. The third-order valence-corrected chi connectivity index (χ3v) is 8.42. The van der Waals surface area contributed by atoms with Crippen molar-refractivity contribution in [3.05, 3.63) is 69.3 Å². The van der Waals surface area contributed by atoms with Crippen LogP contribution in [0.3, 0.4) is 0 Å². The normalized spacial score (nSPS) is 18.9. The molecular formula is C30H39N3O. The van der Waals surface area contributed by atoms with Gasteiger partial charge < -0.3 is 4.90 Å². The SMILES string of the molecule is CCC(CCN(C)CC1CCCCC1)c1ccc2c(c1)-n1c(nc(=O)c3c(C)cccc31)C2C. The molecule has 0 bridgehead atoms. The Morgan fingerprint density at radius 1 is 1.15 bits per heavy atom. The van der Waals surface area contributed by atoms with Crippen molar-refractivity contribution < 1.29 is 0 Å². The highest BCUT2D eigenvalue weighted by atomic mass is 16.1. The molecule has 2 aliphatic rings. The number of aryl methyl sites for hydroxylation is 1. The Kier molecular flexibility index (Phi) is 6.61. The van der Waals surface area contributed by atoms with Crippen molar-refractivity contribution in [2.24, 2.45) is 5.92 Å². The Morgan fingerprint density at radius 3 is 2.71 bits per heavy atom. The molecule has 0 radical (unpaired) electrons.